The number of amides is 2. The first-order valence-corrected chi connectivity index (χ1v) is 6.53. The first kappa shape index (κ1) is 13.7. The van der Waals surface area contributed by atoms with E-state index in [2.05, 4.69) is 0 Å². The maximum atomic E-state index is 12.1. The molecule has 0 spiro atoms. The number of hydrogen-bond acceptors (Lipinski definition) is 3. The van der Waals surface area contributed by atoms with Gasteiger partial charge in [-0.25, -0.2) is 4.79 Å². The molecule has 1 unspecified atom stereocenters. The molecule has 1 fully saturated rings. The Hall–Kier alpha value is -1.75. The summed E-state index contributed by atoms with van der Waals surface area (Å²) in [4.78, 5) is 15.8. The van der Waals surface area contributed by atoms with E-state index in [0.717, 1.165) is 30.8 Å². The number of nitrogens with zero attached hydrogens (tertiary/aromatic N) is 2. The number of carbonyl (C=O) groups is 1. The van der Waals surface area contributed by atoms with Crippen LogP contribution in [0.2, 0.25) is 0 Å². The van der Waals surface area contributed by atoms with Gasteiger partial charge in [-0.2, -0.15) is 0 Å². The van der Waals surface area contributed by atoms with E-state index in [0.29, 0.717) is 6.54 Å². The third-order valence-electron chi connectivity index (χ3n) is 3.57. The zero-order valence-electron chi connectivity index (χ0n) is 11.5. The van der Waals surface area contributed by atoms with E-state index in [1.165, 1.54) is 0 Å². The normalized spacial score (nSPS) is 19.1. The predicted octanol–water partition coefficient (Wildman–Crippen LogP) is 1.45. The van der Waals surface area contributed by atoms with E-state index in [4.69, 9.17) is 10.5 Å². The van der Waals surface area contributed by atoms with Crippen molar-refractivity contribution in [3.05, 3.63) is 29.8 Å². The molecule has 2 amide bonds. The van der Waals surface area contributed by atoms with Crippen LogP contribution >= 0.6 is 0 Å². The fourth-order valence-electron chi connectivity index (χ4n) is 2.39. The molecule has 0 bridgehead atoms. The standard InChI is InChI=1S/C14H21N3O2/c1-16-13(10-17(14(16)18)9-3-8-15)11-4-6-12(19-2)7-5-11/h4-7,13H,3,8-10,15H2,1-2H3. The molecule has 1 saturated heterocycles. The van der Waals surface area contributed by atoms with Gasteiger partial charge >= 0.3 is 6.03 Å². The zero-order valence-corrected chi connectivity index (χ0v) is 11.5. The SMILES string of the molecule is COc1ccc(C2CN(CCCN)C(=O)N2C)cc1. The fraction of sp³-hybridized carbons (Fsp3) is 0.500. The molecule has 0 aromatic heterocycles. The van der Waals surface area contributed by atoms with Crippen LogP contribution in [-0.2, 0) is 0 Å². The van der Waals surface area contributed by atoms with Crippen LogP contribution in [0.1, 0.15) is 18.0 Å². The number of methoxy groups -OCH3 is 1. The molecule has 1 atom stereocenters. The Kier molecular flexibility index (Phi) is 4.27. The van der Waals surface area contributed by atoms with Crippen LogP contribution in [0.3, 0.4) is 0 Å². The molecule has 1 heterocycles. The van der Waals surface area contributed by atoms with Gasteiger partial charge in [-0.3, -0.25) is 0 Å². The summed E-state index contributed by atoms with van der Waals surface area (Å²) in [6.45, 7) is 2.06. The van der Waals surface area contributed by atoms with Gasteiger partial charge in [-0.1, -0.05) is 12.1 Å². The highest BCUT2D eigenvalue weighted by Crippen LogP contribution is 2.29. The molecule has 5 heteroatoms. The molecule has 1 aliphatic rings. The minimum Gasteiger partial charge on any atom is -0.497 e. The fourth-order valence-corrected chi connectivity index (χ4v) is 2.39. The first-order chi connectivity index (χ1) is 9.17. The van der Waals surface area contributed by atoms with E-state index in [9.17, 15) is 4.79 Å². The number of carbonyl (C=O) groups excluding carboxylic acids is 1. The summed E-state index contributed by atoms with van der Waals surface area (Å²) in [5, 5.41) is 0. The van der Waals surface area contributed by atoms with Gasteiger partial charge in [-0.15, -0.1) is 0 Å². The van der Waals surface area contributed by atoms with Crippen molar-refractivity contribution in [1.82, 2.24) is 9.80 Å². The Balaban J connectivity index is 2.09. The number of nitrogens with two attached hydrogens (primary N) is 1. The van der Waals surface area contributed by atoms with Gasteiger partial charge in [0.15, 0.2) is 0 Å². The van der Waals surface area contributed by atoms with Crippen molar-refractivity contribution in [3.8, 4) is 5.75 Å². The van der Waals surface area contributed by atoms with Crippen LogP contribution in [0.15, 0.2) is 24.3 Å². The molecule has 2 N–H and O–H groups in total. The molecule has 1 aromatic carbocycles. The lowest BCUT2D eigenvalue weighted by molar-refractivity contribution is 0.195. The maximum absolute atomic E-state index is 12.1. The molecule has 2 rings (SSSR count). The Labute approximate surface area is 113 Å². The number of benzene rings is 1. The minimum absolute atomic E-state index is 0.0780. The summed E-state index contributed by atoms with van der Waals surface area (Å²) < 4.78 is 5.15. The molecule has 0 saturated carbocycles. The maximum Gasteiger partial charge on any atom is 0.320 e. The van der Waals surface area contributed by atoms with Gasteiger partial charge in [0.05, 0.1) is 13.2 Å². The summed E-state index contributed by atoms with van der Waals surface area (Å²) >= 11 is 0. The van der Waals surface area contributed by atoms with Gasteiger partial charge in [0.2, 0.25) is 0 Å². The second-order valence-electron chi connectivity index (χ2n) is 4.77. The van der Waals surface area contributed by atoms with Gasteiger partial charge in [0, 0.05) is 20.1 Å². The highest BCUT2D eigenvalue weighted by atomic mass is 16.5. The highest BCUT2D eigenvalue weighted by molar-refractivity contribution is 5.77. The second-order valence-corrected chi connectivity index (χ2v) is 4.77. The average Bonchev–Trinajstić information content (AvgIpc) is 2.73. The number of ether oxygens (including phenoxy) is 1. The van der Waals surface area contributed by atoms with E-state index < -0.39 is 0 Å². The van der Waals surface area contributed by atoms with Crippen molar-refractivity contribution in [2.75, 3.05) is 33.8 Å². The quantitative estimate of drug-likeness (QED) is 0.874. The van der Waals surface area contributed by atoms with Gasteiger partial charge in [0.1, 0.15) is 5.75 Å². The topological polar surface area (TPSA) is 58.8 Å². The molecular weight excluding hydrogens is 242 g/mol. The smallest absolute Gasteiger partial charge is 0.320 e. The molecule has 19 heavy (non-hydrogen) atoms. The van der Waals surface area contributed by atoms with Crippen LogP contribution in [0.5, 0.6) is 5.75 Å². The molecule has 5 nitrogen and oxygen atoms in total. The van der Waals surface area contributed by atoms with Crippen molar-refractivity contribution in [3.63, 3.8) is 0 Å². The monoisotopic (exact) mass is 263 g/mol. The van der Waals surface area contributed by atoms with Gasteiger partial charge < -0.3 is 20.3 Å². The molecule has 1 aromatic rings. The molecule has 104 valence electrons. The summed E-state index contributed by atoms with van der Waals surface area (Å²) in [5.41, 5.74) is 6.63. The third kappa shape index (κ3) is 2.81. The summed E-state index contributed by atoms with van der Waals surface area (Å²) in [7, 11) is 3.49. The van der Waals surface area contributed by atoms with E-state index in [1.54, 1.807) is 12.0 Å². The zero-order chi connectivity index (χ0) is 13.8. The van der Waals surface area contributed by atoms with E-state index in [1.807, 2.05) is 36.2 Å². The van der Waals surface area contributed by atoms with Crippen LogP contribution in [-0.4, -0.2) is 49.6 Å². The lowest BCUT2D eigenvalue weighted by atomic mass is 10.1. The number of urea groups is 1. The molecule has 1 aliphatic heterocycles. The molecule has 0 radical (unpaired) electrons. The van der Waals surface area contributed by atoms with Crippen LogP contribution in [0.4, 0.5) is 4.79 Å². The third-order valence-corrected chi connectivity index (χ3v) is 3.57. The van der Waals surface area contributed by atoms with Crippen molar-refractivity contribution < 1.29 is 9.53 Å². The summed E-state index contributed by atoms with van der Waals surface area (Å²) in [5.74, 6) is 0.829. The van der Waals surface area contributed by atoms with Gasteiger partial charge in [0.25, 0.3) is 0 Å². The van der Waals surface area contributed by atoms with Crippen molar-refractivity contribution in [2.45, 2.75) is 12.5 Å². The number of rotatable bonds is 5. The number of likely N-dealkylation sites (N-methyl/N-ethyl adjacent to an activating group) is 1. The highest BCUT2D eigenvalue weighted by Gasteiger charge is 2.34. The Bertz CT molecular complexity index is 433. The number of hydrogen-bond donors (Lipinski definition) is 1. The van der Waals surface area contributed by atoms with Crippen molar-refractivity contribution in [2.24, 2.45) is 5.73 Å². The Morgan fingerprint density at radius 2 is 2.05 bits per heavy atom. The van der Waals surface area contributed by atoms with E-state index >= 15 is 0 Å². The summed E-state index contributed by atoms with van der Waals surface area (Å²) in [6, 6.07) is 8.07. The van der Waals surface area contributed by atoms with E-state index in [-0.39, 0.29) is 12.1 Å². The Morgan fingerprint density at radius 3 is 2.63 bits per heavy atom. The van der Waals surface area contributed by atoms with Crippen LogP contribution < -0.4 is 10.5 Å². The lowest BCUT2D eigenvalue weighted by Gasteiger charge is -2.18. The second kappa shape index (κ2) is 5.93. The average molecular weight is 263 g/mol. The molecular formula is C14H21N3O2. The van der Waals surface area contributed by atoms with Gasteiger partial charge in [-0.05, 0) is 30.7 Å². The first-order valence-electron chi connectivity index (χ1n) is 6.53. The largest absolute Gasteiger partial charge is 0.497 e. The molecule has 0 aliphatic carbocycles. The van der Waals surface area contributed by atoms with Crippen LogP contribution in [0.25, 0.3) is 0 Å². The Morgan fingerprint density at radius 1 is 1.37 bits per heavy atom. The van der Waals surface area contributed by atoms with Crippen molar-refractivity contribution in [1.29, 1.82) is 0 Å². The minimum atomic E-state index is 0.0780. The summed E-state index contributed by atoms with van der Waals surface area (Å²) in [6.07, 6.45) is 0.842. The lowest BCUT2D eigenvalue weighted by Crippen LogP contribution is -2.31. The van der Waals surface area contributed by atoms with Crippen molar-refractivity contribution >= 4 is 6.03 Å². The predicted molar refractivity (Wildman–Crippen MR) is 74.1 cm³/mol. The van der Waals surface area contributed by atoms with Crippen LogP contribution in [0, 0.1) is 0 Å².